The van der Waals surface area contributed by atoms with Crippen LogP contribution in [0, 0.1) is 0 Å². The third-order valence-corrected chi connectivity index (χ3v) is 2.31. The number of hydrogen-bond donors (Lipinski definition) is 1. The molecule has 1 rings (SSSR count). The molecule has 1 aromatic rings. The standard InChI is InChI=1S/C8H11ClF3N3/c1-3-15-6(5(9)4-14-15)7(13-2)8(10,11)12/h4,7,13H,3H2,1-2H3. The van der Waals surface area contributed by atoms with Crippen molar-refractivity contribution in [1.82, 2.24) is 15.1 Å². The molecule has 0 amide bonds. The number of hydrogen-bond acceptors (Lipinski definition) is 2. The summed E-state index contributed by atoms with van der Waals surface area (Å²) in [4.78, 5) is 0. The second-order valence-corrected chi connectivity index (χ2v) is 3.36. The van der Waals surface area contributed by atoms with Crippen LogP contribution in [0.15, 0.2) is 6.20 Å². The molecule has 1 aromatic heterocycles. The van der Waals surface area contributed by atoms with Gasteiger partial charge in [-0.1, -0.05) is 11.6 Å². The number of nitrogens with one attached hydrogen (secondary N) is 1. The zero-order chi connectivity index (χ0) is 11.6. The van der Waals surface area contributed by atoms with Crippen LogP contribution < -0.4 is 5.32 Å². The van der Waals surface area contributed by atoms with Crippen molar-refractivity contribution >= 4 is 11.6 Å². The Bertz CT molecular complexity index is 334. The van der Waals surface area contributed by atoms with E-state index in [1.54, 1.807) is 6.92 Å². The van der Waals surface area contributed by atoms with Gasteiger partial charge in [0.15, 0.2) is 0 Å². The predicted molar refractivity (Wildman–Crippen MR) is 50.8 cm³/mol. The molecule has 15 heavy (non-hydrogen) atoms. The van der Waals surface area contributed by atoms with E-state index in [9.17, 15) is 13.2 Å². The van der Waals surface area contributed by atoms with Gasteiger partial charge in [0.25, 0.3) is 0 Å². The first-order chi connectivity index (χ1) is 6.91. The van der Waals surface area contributed by atoms with E-state index in [2.05, 4.69) is 10.4 Å². The Kier molecular flexibility index (Phi) is 3.62. The summed E-state index contributed by atoms with van der Waals surface area (Å²) in [5.74, 6) is 0. The van der Waals surface area contributed by atoms with Gasteiger partial charge in [-0.2, -0.15) is 18.3 Å². The normalized spacial score (nSPS) is 14.3. The number of aryl methyl sites for hydroxylation is 1. The Morgan fingerprint density at radius 3 is 2.60 bits per heavy atom. The molecular weight excluding hydrogens is 231 g/mol. The molecule has 0 saturated heterocycles. The Morgan fingerprint density at radius 1 is 1.60 bits per heavy atom. The summed E-state index contributed by atoms with van der Waals surface area (Å²) in [6.45, 7) is 2.05. The quantitative estimate of drug-likeness (QED) is 0.881. The first-order valence-corrected chi connectivity index (χ1v) is 4.74. The molecule has 0 fully saturated rings. The first-order valence-electron chi connectivity index (χ1n) is 4.37. The molecule has 0 radical (unpaired) electrons. The highest BCUT2D eigenvalue weighted by atomic mass is 35.5. The highest BCUT2D eigenvalue weighted by molar-refractivity contribution is 6.31. The van der Waals surface area contributed by atoms with Crippen molar-refractivity contribution in [1.29, 1.82) is 0 Å². The number of nitrogens with zero attached hydrogens (tertiary/aromatic N) is 2. The fourth-order valence-electron chi connectivity index (χ4n) is 1.37. The van der Waals surface area contributed by atoms with Gasteiger partial charge in [0.1, 0.15) is 6.04 Å². The Labute approximate surface area is 90.2 Å². The van der Waals surface area contributed by atoms with Gasteiger partial charge in [0.05, 0.1) is 16.9 Å². The summed E-state index contributed by atoms with van der Waals surface area (Å²) in [5.41, 5.74) is -0.0471. The van der Waals surface area contributed by atoms with Gasteiger partial charge in [-0.3, -0.25) is 4.68 Å². The lowest BCUT2D eigenvalue weighted by Gasteiger charge is -2.20. The molecule has 0 spiro atoms. The molecule has 0 saturated carbocycles. The maximum absolute atomic E-state index is 12.6. The molecule has 0 bridgehead atoms. The van der Waals surface area contributed by atoms with E-state index in [4.69, 9.17) is 11.6 Å². The largest absolute Gasteiger partial charge is 0.409 e. The number of rotatable bonds is 3. The number of alkyl halides is 3. The fourth-order valence-corrected chi connectivity index (χ4v) is 1.62. The van der Waals surface area contributed by atoms with Crippen molar-refractivity contribution in [3.63, 3.8) is 0 Å². The van der Waals surface area contributed by atoms with E-state index < -0.39 is 12.2 Å². The molecule has 1 unspecified atom stereocenters. The lowest BCUT2D eigenvalue weighted by atomic mass is 10.2. The topological polar surface area (TPSA) is 29.9 Å². The van der Waals surface area contributed by atoms with Crippen LogP contribution in [-0.4, -0.2) is 23.0 Å². The third-order valence-electron chi connectivity index (χ3n) is 2.02. The highest BCUT2D eigenvalue weighted by Crippen LogP contribution is 2.35. The fraction of sp³-hybridized carbons (Fsp3) is 0.625. The van der Waals surface area contributed by atoms with Gasteiger partial charge < -0.3 is 5.32 Å². The zero-order valence-corrected chi connectivity index (χ0v) is 9.02. The summed E-state index contributed by atoms with van der Waals surface area (Å²) >= 11 is 5.68. The van der Waals surface area contributed by atoms with Crippen molar-refractivity contribution < 1.29 is 13.2 Å². The molecule has 7 heteroatoms. The smallest absolute Gasteiger partial charge is 0.304 e. The summed E-state index contributed by atoms with van der Waals surface area (Å²) in [7, 11) is 1.24. The molecule has 0 aliphatic carbocycles. The lowest BCUT2D eigenvalue weighted by molar-refractivity contribution is -0.157. The van der Waals surface area contributed by atoms with E-state index >= 15 is 0 Å². The molecule has 1 N–H and O–H groups in total. The molecule has 86 valence electrons. The maximum Gasteiger partial charge on any atom is 0.409 e. The van der Waals surface area contributed by atoms with Crippen LogP contribution in [-0.2, 0) is 6.54 Å². The van der Waals surface area contributed by atoms with Gasteiger partial charge in [-0.15, -0.1) is 0 Å². The minimum absolute atomic E-state index is 0.0218. The van der Waals surface area contributed by atoms with Crippen molar-refractivity contribution in [3.05, 3.63) is 16.9 Å². The monoisotopic (exact) mass is 241 g/mol. The van der Waals surface area contributed by atoms with Crippen molar-refractivity contribution in [3.8, 4) is 0 Å². The van der Waals surface area contributed by atoms with E-state index in [1.807, 2.05) is 0 Å². The predicted octanol–water partition coefficient (Wildman–Crippen LogP) is 2.38. The van der Waals surface area contributed by atoms with Crippen LogP contribution in [0.5, 0.6) is 0 Å². The minimum Gasteiger partial charge on any atom is -0.304 e. The van der Waals surface area contributed by atoms with Crippen LogP contribution in [0.2, 0.25) is 5.02 Å². The summed E-state index contributed by atoms with van der Waals surface area (Å²) in [6, 6.07) is -1.78. The summed E-state index contributed by atoms with van der Waals surface area (Å²) in [6.07, 6.45) is -3.16. The van der Waals surface area contributed by atoms with Gasteiger partial charge >= 0.3 is 6.18 Å². The van der Waals surface area contributed by atoms with E-state index in [1.165, 1.54) is 17.9 Å². The van der Waals surface area contributed by atoms with E-state index in [-0.39, 0.29) is 10.7 Å². The van der Waals surface area contributed by atoms with Crippen molar-refractivity contribution in [2.75, 3.05) is 7.05 Å². The molecule has 3 nitrogen and oxygen atoms in total. The average molecular weight is 242 g/mol. The Hall–Kier alpha value is -0.750. The van der Waals surface area contributed by atoms with E-state index in [0.717, 1.165) is 0 Å². The average Bonchev–Trinajstić information content (AvgIpc) is 2.47. The van der Waals surface area contributed by atoms with Crippen LogP contribution in [0.4, 0.5) is 13.2 Å². The molecule has 0 aliphatic heterocycles. The van der Waals surface area contributed by atoms with Gasteiger partial charge in [0, 0.05) is 6.54 Å². The first kappa shape index (κ1) is 12.3. The van der Waals surface area contributed by atoms with Crippen molar-refractivity contribution in [2.45, 2.75) is 25.7 Å². The van der Waals surface area contributed by atoms with Gasteiger partial charge in [-0.05, 0) is 14.0 Å². The SMILES string of the molecule is CCn1ncc(Cl)c1C(NC)C(F)(F)F. The maximum atomic E-state index is 12.6. The van der Waals surface area contributed by atoms with Crippen LogP contribution in [0.1, 0.15) is 18.7 Å². The highest BCUT2D eigenvalue weighted by Gasteiger charge is 2.42. The zero-order valence-electron chi connectivity index (χ0n) is 8.27. The molecule has 0 aromatic carbocycles. The molecule has 0 aliphatic rings. The van der Waals surface area contributed by atoms with E-state index in [0.29, 0.717) is 6.54 Å². The lowest BCUT2D eigenvalue weighted by Crippen LogP contribution is -2.33. The number of aromatic nitrogens is 2. The molecule has 1 heterocycles. The summed E-state index contributed by atoms with van der Waals surface area (Å²) < 4.78 is 39.1. The van der Waals surface area contributed by atoms with Gasteiger partial charge in [-0.25, -0.2) is 0 Å². The second-order valence-electron chi connectivity index (χ2n) is 2.96. The number of halogens is 4. The Morgan fingerprint density at radius 2 is 2.20 bits per heavy atom. The summed E-state index contributed by atoms with van der Waals surface area (Å²) in [5, 5.41) is 5.97. The molecular formula is C8H11ClF3N3. The van der Waals surface area contributed by atoms with Crippen LogP contribution >= 0.6 is 11.6 Å². The van der Waals surface area contributed by atoms with Gasteiger partial charge in [0.2, 0.25) is 0 Å². The van der Waals surface area contributed by atoms with Crippen LogP contribution in [0.25, 0.3) is 0 Å². The van der Waals surface area contributed by atoms with Crippen molar-refractivity contribution in [2.24, 2.45) is 0 Å². The second kappa shape index (κ2) is 4.40. The Balaban J connectivity index is 3.16. The van der Waals surface area contributed by atoms with Crippen LogP contribution in [0.3, 0.4) is 0 Å². The third kappa shape index (κ3) is 2.43. The minimum atomic E-state index is -4.38. The molecule has 1 atom stereocenters.